The van der Waals surface area contributed by atoms with Crippen LogP contribution in [-0.2, 0) is 54.4 Å². The van der Waals surface area contributed by atoms with Crippen molar-refractivity contribution >= 4 is 23.9 Å². The Hall–Kier alpha value is -5.52. The summed E-state index contributed by atoms with van der Waals surface area (Å²) in [4.78, 5) is 46.9. The predicted molar refractivity (Wildman–Crippen MR) is 176 cm³/mol. The van der Waals surface area contributed by atoms with Crippen LogP contribution in [0.1, 0.15) is 62.8 Å². The van der Waals surface area contributed by atoms with E-state index in [1.807, 2.05) is 24.3 Å². The molecule has 49 heavy (non-hydrogen) atoms. The van der Waals surface area contributed by atoms with Gasteiger partial charge in [0.25, 0.3) is 0 Å². The first kappa shape index (κ1) is 36.3. The van der Waals surface area contributed by atoms with Gasteiger partial charge in [0, 0.05) is 29.7 Å². The van der Waals surface area contributed by atoms with Crippen molar-refractivity contribution in [3.05, 3.63) is 97.1 Å². The lowest BCUT2D eigenvalue weighted by molar-refractivity contribution is -0.146. The van der Waals surface area contributed by atoms with Crippen molar-refractivity contribution in [2.24, 2.45) is 0 Å². The molecule has 4 rings (SSSR count). The van der Waals surface area contributed by atoms with Gasteiger partial charge in [-0.25, -0.2) is 19.2 Å². The topological polar surface area (TPSA) is 142 Å². The molecule has 2 aliphatic carbocycles. The molecule has 2 aliphatic rings. The lowest BCUT2D eigenvalue weighted by Gasteiger charge is -2.31. The van der Waals surface area contributed by atoms with Crippen LogP contribution in [-0.4, -0.2) is 51.0 Å². The smallest absolute Gasteiger partial charge is 0.333 e. The standard InChI is InChI=1S/C37H40O12/c1-9-31(38)46-19-42-27-13-23-25(15-29(27)44-21-48-33(40)11-3)37(17-35(23,5)6)18-36(7,8)24-14-28(43-20-47-32(39)10-2)30(16-26(24)37)45-22-49-34(41)12-4/h9-16H,1-4,17-22H2,5-8H3. The zero-order chi connectivity index (χ0) is 36.0. The van der Waals surface area contributed by atoms with E-state index in [0.717, 1.165) is 46.6 Å². The van der Waals surface area contributed by atoms with Gasteiger partial charge in [-0.2, -0.15) is 0 Å². The van der Waals surface area contributed by atoms with E-state index in [2.05, 4.69) is 54.0 Å². The molecule has 0 saturated carbocycles. The first-order valence-electron chi connectivity index (χ1n) is 15.3. The van der Waals surface area contributed by atoms with Crippen molar-refractivity contribution in [2.75, 3.05) is 27.2 Å². The van der Waals surface area contributed by atoms with Gasteiger partial charge < -0.3 is 37.9 Å². The predicted octanol–water partition coefficient (Wildman–Crippen LogP) is 5.60. The Morgan fingerprint density at radius 3 is 1.00 bits per heavy atom. The van der Waals surface area contributed by atoms with Crippen molar-refractivity contribution in [3.8, 4) is 23.0 Å². The maximum Gasteiger partial charge on any atom is 0.333 e. The summed E-state index contributed by atoms with van der Waals surface area (Å²) in [5.74, 6) is -1.60. The summed E-state index contributed by atoms with van der Waals surface area (Å²) in [5, 5.41) is 0. The molecule has 0 aromatic heterocycles. The Balaban J connectivity index is 1.84. The minimum Gasteiger partial charge on any atom is -0.453 e. The number of hydrogen-bond donors (Lipinski definition) is 0. The Labute approximate surface area is 284 Å². The van der Waals surface area contributed by atoms with E-state index < -0.39 is 56.5 Å². The second-order valence-corrected chi connectivity index (χ2v) is 12.6. The van der Waals surface area contributed by atoms with Crippen LogP contribution in [0.5, 0.6) is 23.0 Å². The largest absolute Gasteiger partial charge is 0.453 e. The molecule has 1 spiro atoms. The first-order valence-corrected chi connectivity index (χ1v) is 15.3. The van der Waals surface area contributed by atoms with Crippen LogP contribution in [0, 0.1) is 0 Å². The Morgan fingerprint density at radius 1 is 0.510 bits per heavy atom. The average molecular weight is 677 g/mol. The zero-order valence-electron chi connectivity index (χ0n) is 28.1. The molecule has 0 heterocycles. The number of benzene rings is 2. The van der Waals surface area contributed by atoms with Gasteiger partial charge in [0.1, 0.15) is 0 Å². The lowest BCUT2D eigenvalue weighted by atomic mass is 9.72. The van der Waals surface area contributed by atoms with E-state index in [-0.39, 0.29) is 33.8 Å². The van der Waals surface area contributed by atoms with Gasteiger partial charge in [-0.3, -0.25) is 0 Å². The maximum absolute atomic E-state index is 11.8. The molecule has 0 aliphatic heterocycles. The summed E-state index contributed by atoms with van der Waals surface area (Å²) in [6.07, 6.45) is 5.44. The molecule has 0 N–H and O–H groups in total. The molecule has 2 aromatic carbocycles. The minimum absolute atomic E-state index is 0.255. The second kappa shape index (κ2) is 14.7. The van der Waals surface area contributed by atoms with Crippen LogP contribution in [0.3, 0.4) is 0 Å². The van der Waals surface area contributed by atoms with Gasteiger partial charge in [0.05, 0.1) is 0 Å². The molecular formula is C37H40O12. The lowest BCUT2D eigenvalue weighted by Crippen LogP contribution is -2.27. The fourth-order valence-corrected chi connectivity index (χ4v) is 6.61. The Kier molecular flexibility index (Phi) is 10.9. The van der Waals surface area contributed by atoms with E-state index in [0.29, 0.717) is 12.8 Å². The molecular weight excluding hydrogens is 636 g/mol. The molecule has 0 amide bonds. The fourth-order valence-electron chi connectivity index (χ4n) is 6.61. The summed E-state index contributed by atoms with van der Waals surface area (Å²) < 4.78 is 43.7. The molecule has 12 heteroatoms. The highest BCUT2D eigenvalue weighted by molar-refractivity contribution is 5.82. The van der Waals surface area contributed by atoms with Gasteiger partial charge in [0.15, 0.2) is 23.0 Å². The highest BCUT2D eigenvalue weighted by atomic mass is 16.7. The molecule has 0 radical (unpaired) electrons. The van der Waals surface area contributed by atoms with E-state index in [1.165, 1.54) is 0 Å². The number of carbonyl (C=O) groups is 4. The van der Waals surface area contributed by atoms with Gasteiger partial charge in [0.2, 0.25) is 27.2 Å². The SMILES string of the molecule is C=CC(=O)OCOc1cc2c(cc1OCOC(=O)C=C)C1(CC2(C)C)CC(C)(C)c2cc(OCOC(=O)C=C)c(OCOC(=O)C=C)cc21. The number of rotatable bonds is 16. The highest BCUT2D eigenvalue weighted by Gasteiger charge is 2.57. The summed E-state index contributed by atoms with van der Waals surface area (Å²) in [6, 6.07) is 7.40. The van der Waals surface area contributed by atoms with Crippen molar-refractivity contribution in [3.63, 3.8) is 0 Å². The number of esters is 4. The van der Waals surface area contributed by atoms with Crippen LogP contribution >= 0.6 is 0 Å². The van der Waals surface area contributed by atoms with Crippen molar-refractivity contribution in [1.29, 1.82) is 0 Å². The molecule has 12 nitrogen and oxygen atoms in total. The van der Waals surface area contributed by atoms with Crippen LogP contribution in [0.25, 0.3) is 0 Å². The van der Waals surface area contributed by atoms with E-state index in [1.54, 1.807) is 0 Å². The number of fused-ring (bicyclic) bond motifs is 4. The molecule has 0 bridgehead atoms. The van der Waals surface area contributed by atoms with Crippen LogP contribution in [0.4, 0.5) is 0 Å². The van der Waals surface area contributed by atoms with Crippen LogP contribution in [0.15, 0.2) is 74.9 Å². The number of hydrogen-bond acceptors (Lipinski definition) is 12. The van der Waals surface area contributed by atoms with Gasteiger partial charge in [-0.05, 0) is 70.2 Å². The molecule has 0 saturated heterocycles. The van der Waals surface area contributed by atoms with Gasteiger partial charge in [-0.15, -0.1) is 0 Å². The summed E-state index contributed by atoms with van der Waals surface area (Å²) in [6.45, 7) is 20.4. The van der Waals surface area contributed by atoms with Crippen LogP contribution < -0.4 is 18.9 Å². The first-order chi connectivity index (χ1) is 23.2. The number of ether oxygens (including phenoxy) is 8. The minimum atomic E-state index is -0.670. The third kappa shape index (κ3) is 7.80. The summed E-state index contributed by atoms with van der Waals surface area (Å²) in [7, 11) is 0. The van der Waals surface area contributed by atoms with E-state index >= 15 is 0 Å². The van der Waals surface area contributed by atoms with Crippen molar-refractivity contribution < 1.29 is 57.1 Å². The molecule has 0 fully saturated rings. The summed E-state index contributed by atoms with van der Waals surface area (Å²) in [5.41, 5.74) is 2.48. The molecule has 0 unspecified atom stereocenters. The Bertz CT molecular complexity index is 1560. The number of carbonyl (C=O) groups excluding carboxylic acids is 4. The third-order valence-electron chi connectivity index (χ3n) is 8.47. The fraction of sp³-hybridized carbons (Fsp3) is 0.351. The molecule has 0 atom stereocenters. The van der Waals surface area contributed by atoms with E-state index in [4.69, 9.17) is 37.9 Å². The third-order valence-corrected chi connectivity index (χ3v) is 8.47. The van der Waals surface area contributed by atoms with Crippen LogP contribution in [0.2, 0.25) is 0 Å². The monoisotopic (exact) mass is 676 g/mol. The average Bonchev–Trinajstić information content (AvgIpc) is 3.42. The van der Waals surface area contributed by atoms with Crippen molar-refractivity contribution in [2.45, 2.75) is 56.8 Å². The molecule has 2 aromatic rings. The summed E-state index contributed by atoms with van der Waals surface area (Å²) >= 11 is 0. The quantitative estimate of drug-likeness (QED) is 0.0946. The van der Waals surface area contributed by atoms with Gasteiger partial charge in [-0.1, -0.05) is 54.0 Å². The zero-order valence-corrected chi connectivity index (χ0v) is 28.1. The van der Waals surface area contributed by atoms with Crippen molar-refractivity contribution in [1.82, 2.24) is 0 Å². The van der Waals surface area contributed by atoms with E-state index in [9.17, 15) is 19.2 Å². The normalized spacial score (nSPS) is 15.4. The maximum atomic E-state index is 11.8. The Morgan fingerprint density at radius 2 is 0.755 bits per heavy atom. The molecule has 260 valence electrons. The highest BCUT2D eigenvalue weighted by Crippen LogP contribution is 2.64. The van der Waals surface area contributed by atoms with Gasteiger partial charge >= 0.3 is 23.9 Å². The second-order valence-electron chi connectivity index (χ2n) is 12.6.